The molecule has 2 fully saturated rings. The van der Waals surface area contributed by atoms with Crippen LogP contribution in [0.5, 0.6) is 23.0 Å². The highest BCUT2D eigenvalue weighted by Gasteiger charge is 2.40. The van der Waals surface area contributed by atoms with Crippen molar-refractivity contribution in [1.29, 1.82) is 5.41 Å². The maximum Gasteiger partial charge on any atom is 0.410 e. The summed E-state index contributed by atoms with van der Waals surface area (Å²) in [6, 6.07) is 52.1. The average Bonchev–Trinajstić information content (AvgIpc) is 0.771. The van der Waals surface area contributed by atoms with E-state index in [-0.39, 0.29) is 18.7 Å². The highest BCUT2D eigenvalue weighted by molar-refractivity contribution is 8.06. The molecule has 4 aliphatic heterocycles. The van der Waals surface area contributed by atoms with E-state index < -0.39 is 38.5 Å². The number of rotatable bonds is 18. The predicted molar refractivity (Wildman–Crippen MR) is 377 cm³/mol. The Hall–Kier alpha value is -8.76. The average molecular weight is 1300 g/mol. The Labute approximate surface area is 556 Å². The van der Waals surface area contributed by atoms with Crippen LogP contribution in [-0.2, 0) is 40.6 Å². The molecule has 11 rings (SSSR count). The number of carbonyl (C=O) groups is 2. The molecule has 0 saturated carbocycles. The number of hydrogen-bond acceptors (Lipinski definition) is 17. The maximum atomic E-state index is 13.6. The van der Waals surface area contributed by atoms with Crippen molar-refractivity contribution in [2.75, 3.05) is 113 Å². The van der Waals surface area contributed by atoms with E-state index in [1.807, 2.05) is 78.9 Å². The Balaban J connectivity index is 0.000000195. The number of hydrazine groups is 1. The Morgan fingerprint density at radius 3 is 1.56 bits per heavy atom. The number of nitrogens with two attached hydrogens (primary N) is 1. The van der Waals surface area contributed by atoms with Crippen molar-refractivity contribution in [3.8, 4) is 23.0 Å². The van der Waals surface area contributed by atoms with Gasteiger partial charge in [-0.1, -0.05) is 117 Å². The monoisotopic (exact) mass is 1300 g/mol. The molecule has 4 aliphatic rings. The minimum Gasteiger partial charge on any atom is -0.493 e. The summed E-state index contributed by atoms with van der Waals surface area (Å²) in [5, 5.41) is 12.1. The van der Waals surface area contributed by atoms with Gasteiger partial charge in [-0.25, -0.2) is 19.1 Å². The SMILES string of the molecule is CCN1CCN(c2ccc(/C=C/C3NCCc4cc(OCc5ccccc5)c(OC)cc43)cc2)CC1.CCN1CCN(c2ccc(C=O)cc2)CC1.COc1cc2c(cc1OCc1ccccc1)CCN(C(=O)OC(C)(C)C)C2CS(=O)(=O)C(=N)N(N)c1ccccc1.N. The van der Waals surface area contributed by atoms with E-state index in [1.165, 1.54) is 40.1 Å². The van der Waals surface area contributed by atoms with Gasteiger partial charge in [0.05, 0.1) is 37.7 Å². The largest absolute Gasteiger partial charge is 0.493 e. The fourth-order valence-corrected chi connectivity index (χ4v) is 13.1. The number of amides is 1. The number of ether oxygens (including phenoxy) is 5. The molecule has 2 saturated heterocycles. The summed E-state index contributed by atoms with van der Waals surface area (Å²) in [6.45, 7) is 22.9. The van der Waals surface area contributed by atoms with E-state index in [0.717, 1.165) is 123 Å². The summed E-state index contributed by atoms with van der Waals surface area (Å²) in [5.41, 5.74) is 10.1. The van der Waals surface area contributed by atoms with Gasteiger partial charge in [-0.05, 0) is 158 Å². The number of aldehydes is 1. The van der Waals surface area contributed by atoms with Gasteiger partial charge in [0.2, 0.25) is 15.0 Å². The van der Waals surface area contributed by atoms with Crippen molar-refractivity contribution in [2.45, 2.75) is 78.4 Å². The zero-order valence-electron chi connectivity index (χ0n) is 55.5. The first-order chi connectivity index (χ1) is 45.0. The second-order valence-electron chi connectivity index (χ2n) is 24.4. The van der Waals surface area contributed by atoms with Gasteiger partial charge in [0.1, 0.15) is 25.1 Å². The van der Waals surface area contributed by atoms with Gasteiger partial charge in [0.25, 0.3) is 0 Å². The Bertz CT molecular complexity index is 3690. The van der Waals surface area contributed by atoms with Crippen molar-refractivity contribution < 1.29 is 41.7 Å². The first-order valence-corrected chi connectivity index (χ1v) is 33.8. The van der Waals surface area contributed by atoms with Crippen LogP contribution in [0.15, 0.2) is 170 Å². The summed E-state index contributed by atoms with van der Waals surface area (Å²) in [5.74, 6) is 7.95. The van der Waals surface area contributed by atoms with E-state index in [2.05, 4.69) is 99.4 Å². The third kappa shape index (κ3) is 19.2. The molecule has 7 aromatic rings. The van der Waals surface area contributed by atoms with Crippen molar-refractivity contribution in [3.63, 3.8) is 0 Å². The number of carbonyl (C=O) groups excluding carboxylic acids is 2. The number of fused-ring (bicyclic) bond motifs is 2. The predicted octanol–water partition coefficient (Wildman–Crippen LogP) is 12.0. The summed E-state index contributed by atoms with van der Waals surface area (Å²) < 4.78 is 56.3. The van der Waals surface area contributed by atoms with Crippen LogP contribution < -0.4 is 51.1 Å². The lowest BCUT2D eigenvalue weighted by molar-refractivity contribution is 0.0162. The molecule has 1 amide bonds. The summed E-state index contributed by atoms with van der Waals surface area (Å²) in [7, 11) is -1.06. The number of likely N-dealkylation sites (N-methyl/N-ethyl adjacent to an activating group) is 2. The summed E-state index contributed by atoms with van der Waals surface area (Å²) in [4.78, 5) is 35.1. The lowest BCUT2D eigenvalue weighted by Crippen LogP contribution is -2.48. The fourth-order valence-electron chi connectivity index (χ4n) is 11.8. The van der Waals surface area contributed by atoms with Crippen molar-refractivity contribution in [2.24, 2.45) is 5.84 Å². The van der Waals surface area contributed by atoms with Gasteiger partial charge in [-0.2, -0.15) is 0 Å². The standard InChI is InChI=1S/C31H37N3O2.C30H36N4O6S.C13H18N2O.H3N/c1-3-33-17-19-34(20-18-33)27-12-9-24(10-13-27)11-14-29-28-22-30(35-2)31(21-26(28)15-16-32-29)36-23-25-7-5-4-6-8-25;1-30(2,3)40-29(35)33-16-15-22-17-27(39-19-21-11-7-5-8-12-21)26(38-4)18-24(22)25(33)20-41(36,37)28(31)34(32)23-13-9-6-10-14-23;1-2-14-7-9-15(10-8-14)13-5-3-12(11-16)4-6-13;/h4-14,21-22,29,32H,3,15-20,23H2,1-2H3;5-14,17-18,25,31H,15-16,19-20,32H2,1-4H3;3-6,11H,2,7-10H2,1H3;1H3/b14-11+;;;. The molecule has 7 N–H and O–H groups in total. The van der Waals surface area contributed by atoms with E-state index in [9.17, 15) is 18.0 Å². The number of nitrogens with one attached hydrogen (secondary N) is 2. The van der Waals surface area contributed by atoms with Gasteiger partial charge in [0, 0.05) is 82.4 Å². The molecule has 4 heterocycles. The van der Waals surface area contributed by atoms with Crippen LogP contribution in [0.1, 0.15) is 96.0 Å². The second-order valence-corrected chi connectivity index (χ2v) is 26.3. The molecule has 0 bridgehead atoms. The smallest absolute Gasteiger partial charge is 0.410 e. The quantitative estimate of drug-likeness (QED) is 0.0206. The minimum absolute atomic E-state index is 0. The number of amidine groups is 1. The Morgan fingerprint density at radius 2 is 1.10 bits per heavy atom. The minimum atomic E-state index is -4.27. The molecular formula is C74H94N10O9S. The molecule has 7 aromatic carbocycles. The molecule has 500 valence electrons. The number of sulfone groups is 1. The zero-order chi connectivity index (χ0) is 65.9. The molecule has 20 heteroatoms. The van der Waals surface area contributed by atoms with E-state index in [1.54, 1.807) is 64.3 Å². The van der Waals surface area contributed by atoms with Gasteiger partial charge in [-0.15, -0.1) is 0 Å². The van der Waals surface area contributed by atoms with Crippen LogP contribution in [-0.4, -0.2) is 145 Å². The highest BCUT2D eigenvalue weighted by atomic mass is 32.2. The molecule has 0 aromatic heterocycles. The van der Waals surface area contributed by atoms with E-state index in [4.69, 9.17) is 34.9 Å². The Kier molecular flexibility index (Phi) is 25.6. The van der Waals surface area contributed by atoms with Gasteiger partial charge in [0.15, 0.2) is 23.0 Å². The normalized spacial score (nSPS) is 16.5. The number of hydrogen-bond donors (Lipinski definition) is 4. The summed E-state index contributed by atoms with van der Waals surface area (Å²) in [6.07, 6.45) is 6.14. The van der Waals surface area contributed by atoms with Crippen LogP contribution in [0.2, 0.25) is 0 Å². The van der Waals surface area contributed by atoms with Crippen LogP contribution >= 0.6 is 0 Å². The third-order valence-electron chi connectivity index (χ3n) is 17.1. The maximum absolute atomic E-state index is 13.6. The van der Waals surface area contributed by atoms with Crippen LogP contribution in [0, 0.1) is 5.41 Å². The first kappa shape index (κ1) is 71.1. The molecule has 0 spiro atoms. The lowest BCUT2D eigenvalue weighted by Gasteiger charge is -2.38. The molecule has 0 radical (unpaired) electrons. The molecular weight excluding hydrogens is 1200 g/mol. The van der Waals surface area contributed by atoms with Crippen molar-refractivity contribution in [3.05, 3.63) is 214 Å². The number of para-hydroxylation sites is 1. The van der Waals surface area contributed by atoms with Gasteiger partial charge >= 0.3 is 6.09 Å². The van der Waals surface area contributed by atoms with Crippen LogP contribution in [0.3, 0.4) is 0 Å². The number of anilines is 3. The van der Waals surface area contributed by atoms with Crippen molar-refractivity contribution >= 4 is 50.5 Å². The molecule has 19 nitrogen and oxygen atoms in total. The summed E-state index contributed by atoms with van der Waals surface area (Å²) >= 11 is 0. The topological polar surface area (TPSA) is 231 Å². The number of methoxy groups -OCH3 is 2. The highest BCUT2D eigenvalue weighted by Crippen LogP contribution is 2.41. The lowest BCUT2D eigenvalue weighted by atomic mass is 9.93. The molecule has 94 heavy (non-hydrogen) atoms. The molecule has 0 aliphatic carbocycles. The van der Waals surface area contributed by atoms with Gasteiger partial charge < -0.3 is 54.8 Å². The number of piperazine rings is 2. The first-order valence-electron chi connectivity index (χ1n) is 32.1. The Morgan fingerprint density at radius 1 is 0.628 bits per heavy atom. The zero-order valence-corrected chi connectivity index (χ0v) is 56.4. The van der Waals surface area contributed by atoms with E-state index in [0.29, 0.717) is 42.4 Å². The fraction of sp³-hybridized carbons (Fsp3) is 0.365. The molecule has 2 atom stereocenters. The third-order valence-corrected chi connectivity index (χ3v) is 18.6. The number of nitrogens with zero attached hydrogens (tertiary/aromatic N) is 6. The van der Waals surface area contributed by atoms with Crippen LogP contribution in [0.4, 0.5) is 21.9 Å². The number of benzene rings is 7. The second kappa shape index (κ2) is 33.9. The van der Waals surface area contributed by atoms with Crippen LogP contribution in [0.25, 0.3) is 6.08 Å². The molecule has 2 unspecified atom stereocenters. The van der Waals surface area contributed by atoms with Gasteiger partial charge in [-0.3, -0.25) is 20.1 Å². The van der Waals surface area contributed by atoms with E-state index >= 15 is 0 Å². The van der Waals surface area contributed by atoms with Crippen molar-refractivity contribution in [1.82, 2.24) is 26.2 Å².